The first-order valence-electron chi connectivity index (χ1n) is 6.93. The van der Waals surface area contributed by atoms with Crippen molar-refractivity contribution in [3.05, 3.63) is 40.4 Å². The Hall–Kier alpha value is -1.68. The summed E-state index contributed by atoms with van der Waals surface area (Å²) in [6.07, 6.45) is 2.34. The largest absolute Gasteiger partial charge is 0.310 e. The Morgan fingerprint density at radius 1 is 1.26 bits per heavy atom. The van der Waals surface area contributed by atoms with Crippen molar-refractivity contribution in [3.63, 3.8) is 0 Å². The summed E-state index contributed by atoms with van der Waals surface area (Å²) in [6, 6.07) is 7.41. The van der Waals surface area contributed by atoms with Crippen molar-refractivity contribution in [2.24, 2.45) is 5.92 Å². The maximum absolute atomic E-state index is 11.9. The predicted molar refractivity (Wildman–Crippen MR) is 78.1 cm³/mol. The SMILES string of the molecule is CCC(CC)CNCc1nc2ccccc2c(=O)[nH]1. The molecule has 0 radical (unpaired) electrons. The zero-order valence-corrected chi connectivity index (χ0v) is 11.6. The van der Waals surface area contributed by atoms with E-state index in [0.29, 0.717) is 23.7 Å². The van der Waals surface area contributed by atoms with Gasteiger partial charge in [-0.2, -0.15) is 0 Å². The molecule has 0 atom stereocenters. The number of nitrogens with one attached hydrogen (secondary N) is 2. The maximum atomic E-state index is 11.9. The second kappa shape index (κ2) is 6.48. The van der Waals surface area contributed by atoms with Gasteiger partial charge in [0.2, 0.25) is 0 Å². The second-order valence-electron chi connectivity index (χ2n) is 4.84. The molecule has 2 rings (SSSR count). The number of H-pyrrole nitrogens is 1. The van der Waals surface area contributed by atoms with Gasteiger partial charge in [-0.05, 0) is 24.6 Å². The van der Waals surface area contributed by atoms with Crippen LogP contribution >= 0.6 is 0 Å². The summed E-state index contributed by atoms with van der Waals surface area (Å²) in [7, 11) is 0. The Labute approximate surface area is 113 Å². The molecule has 1 heterocycles. The number of fused-ring (bicyclic) bond motifs is 1. The highest BCUT2D eigenvalue weighted by Crippen LogP contribution is 2.07. The Kier molecular flexibility index (Phi) is 4.68. The highest BCUT2D eigenvalue weighted by atomic mass is 16.1. The van der Waals surface area contributed by atoms with Gasteiger partial charge in [-0.3, -0.25) is 4.79 Å². The Bertz CT molecular complexity index is 587. The summed E-state index contributed by atoms with van der Waals surface area (Å²) in [5.74, 6) is 1.39. The van der Waals surface area contributed by atoms with Crippen LogP contribution in [0.4, 0.5) is 0 Å². The molecule has 0 aliphatic carbocycles. The number of rotatable bonds is 6. The van der Waals surface area contributed by atoms with Gasteiger partial charge in [-0.25, -0.2) is 4.98 Å². The monoisotopic (exact) mass is 259 g/mol. The number of hydrogen-bond donors (Lipinski definition) is 2. The topological polar surface area (TPSA) is 57.8 Å². The van der Waals surface area contributed by atoms with E-state index < -0.39 is 0 Å². The fraction of sp³-hybridized carbons (Fsp3) is 0.467. The lowest BCUT2D eigenvalue weighted by Gasteiger charge is -2.12. The molecular formula is C15H21N3O. The number of aromatic amines is 1. The van der Waals surface area contributed by atoms with Gasteiger partial charge >= 0.3 is 0 Å². The van der Waals surface area contributed by atoms with E-state index in [9.17, 15) is 4.79 Å². The molecule has 0 fully saturated rings. The lowest BCUT2D eigenvalue weighted by atomic mass is 10.0. The Balaban J connectivity index is 2.07. The smallest absolute Gasteiger partial charge is 0.258 e. The van der Waals surface area contributed by atoms with E-state index >= 15 is 0 Å². The number of benzene rings is 1. The summed E-state index contributed by atoms with van der Waals surface area (Å²) < 4.78 is 0. The standard InChI is InChI=1S/C15H21N3O/c1-3-11(4-2)9-16-10-14-17-13-8-6-5-7-12(13)15(19)18-14/h5-8,11,16H,3-4,9-10H2,1-2H3,(H,17,18,19). The summed E-state index contributed by atoms with van der Waals surface area (Å²) in [5.41, 5.74) is 0.690. The van der Waals surface area contributed by atoms with E-state index in [2.05, 4.69) is 29.1 Å². The molecule has 4 nitrogen and oxygen atoms in total. The van der Waals surface area contributed by atoms with Gasteiger partial charge in [0.25, 0.3) is 5.56 Å². The lowest BCUT2D eigenvalue weighted by Crippen LogP contribution is -2.24. The van der Waals surface area contributed by atoms with E-state index in [-0.39, 0.29) is 5.56 Å². The molecule has 0 unspecified atom stereocenters. The van der Waals surface area contributed by atoms with Crippen molar-refractivity contribution in [2.75, 3.05) is 6.54 Å². The van der Waals surface area contributed by atoms with Crippen LogP contribution in [0, 0.1) is 5.92 Å². The molecule has 4 heteroatoms. The molecule has 1 aromatic heterocycles. The minimum Gasteiger partial charge on any atom is -0.310 e. The molecule has 0 aliphatic rings. The van der Waals surface area contributed by atoms with Crippen LogP contribution in [0.3, 0.4) is 0 Å². The van der Waals surface area contributed by atoms with E-state index in [1.54, 1.807) is 6.07 Å². The maximum Gasteiger partial charge on any atom is 0.258 e. The van der Waals surface area contributed by atoms with E-state index in [4.69, 9.17) is 0 Å². The minimum atomic E-state index is -0.0649. The molecule has 1 aromatic carbocycles. The molecule has 102 valence electrons. The van der Waals surface area contributed by atoms with Crippen LogP contribution in [0.15, 0.2) is 29.1 Å². The first-order chi connectivity index (χ1) is 9.24. The van der Waals surface area contributed by atoms with Gasteiger partial charge in [0.15, 0.2) is 0 Å². The fourth-order valence-corrected chi connectivity index (χ4v) is 2.19. The normalized spacial score (nSPS) is 11.3. The summed E-state index contributed by atoms with van der Waals surface area (Å²) in [5, 5.41) is 4.01. The highest BCUT2D eigenvalue weighted by Gasteiger charge is 2.05. The van der Waals surface area contributed by atoms with Crippen LogP contribution in [0.5, 0.6) is 0 Å². The van der Waals surface area contributed by atoms with Crippen molar-refractivity contribution in [1.29, 1.82) is 0 Å². The van der Waals surface area contributed by atoms with Crippen LogP contribution in [0.1, 0.15) is 32.5 Å². The third-order valence-corrected chi connectivity index (χ3v) is 3.54. The number of nitrogens with zero attached hydrogens (tertiary/aromatic N) is 1. The van der Waals surface area contributed by atoms with E-state index in [1.807, 2.05) is 18.2 Å². The number of aromatic nitrogens is 2. The van der Waals surface area contributed by atoms with Crippen LogP contribution in [-0.4, -0.2) is 16.5 Å². The summed E-state index contributed by atoms with van der Waals surface area (Å²) >= 11 is 0. The number of hydrogen-bond acceptors (Lipinski definition) is 3. The zero-order chi connectivity index (χ0) is 13.7. The molecule has 19 heavy (non-hydrogen) atoms. The molecule has 0 amide bonds. The Morgan fingerprint density at radius 2 is 2.00 bits per heavy atom. The zero-order valence-electron chi connectivity index (χ0n) is 11.6. The molecule has 0 saturated heterocycles. The number of para-hydroxylation sites is 1. The minimum absolute atomic E-state index is 0.0649. The molecule has 0 spiro atoms. The van der Waals surface area contributed by atoms with E-state index in [1.165, 1.54) is 12.8 Å². The van der Waals surface area contributed by atoms with Crippen LogP contribution in [0.2, 0.25) is 0 Å². The fourth-order valence-electron chi connectivity index (χ4n) is 2.19. The second-order valence-corrected chi connectivity index (χ2v) is 4.84. The first kappa shape index (κ1) is 13.7. The van der Waals surface area contributed by atoms with Gasteiger partial charge in [-0.1, -0.05) is 38.8 Å². The molecule has 0 aliphatic heterocycles. The van der Waals surface area contributed by atoms with Crippen molar-refractivity contribution in [2.45, 2.75) is 33.2 Å². The van der Waals surface area contributed by atoms with Crippen LogP contribution in [0.25, 0.3) is 10.9 Å². The quantitative estimate of drug-likeness (QED) is 0.837. The van der Waals surface area contributed by atoms with Crippen LogP contribution in [-0.2, 0) is 6.54 Å². The third kappa shape index (κ3) is 3.41. The van der Waals surface area contributed by atoms with Gasteiger partial charge in [0.1, 0.15) is 5.82 Å². The van der Waals surface area contributed by atoms with Gasteiger partial charge in [0, 0.05) is 0 Å². The molecular weight excluding hydrogens is 238 g/mol. The van der Waals surface area contributed by atoms with Gasteiger partial charge < -0.3 is 10.3 Å². The molecule has 0 saturated carbocycles. The van der Waals surface area contributed by atoms with Crippen molar-refractivity contribution in [3.8, 4) is 0 Å². The van der Waals surface area contributed by atoms with Gasteiger partial charge in [-0.15, -0.1) is 0 Å². The van der Waals surface area contributed by atoms with Crippen molar-refractivity contribution >= 4 is 10.9 Å². The molecule has 2 N–H and O–H groups in total. The summed E-state index contributed by atoms with van der Waals surface area (Å²) in [6.45, 7) is 5.97. The average molecular weight is 259 g/mol. The Morgan fingerprint density at radius 3 is 2.74 bits per heavy atom. The first-order valence-corrected chi connectivity index (χ1v) is 6.93. The highest BCUT2D eigenvalue weighted by molar-refractivity contribution is 5.77. The third-order valence-electron chi connectivity index (χ3n) is 3.54. The molecule has 0 bridgehead atoms. The van der Waals surface area contributed by atoms with Gasteiger partial charge in [0.05, 0.1) is 17.4 Å². The molecule has 2 aromatic rings. The van der Waals surface area contributed by atoms with Crippen molar-refractivity contribution in [1.82, 2.24) is 15.3 Å². The lowest BCUT2D eigenvalue weighted by molar-refractivity contribution is 0.446. The van der Waals surface area contributed by atoms with Crippen LogP contribution < -0.4 is 10.9 Å². The van der Waals surface area contributed by atoms with Crippen molar-refractivity contribution < 1.29 is 0 Å². The summed E-state index contributed by atoms with van der Waals surface area (Å²) in [4.78, 5) is 19.2. The predicted octanol–water partition coefficient (Wildman–Crippen LogP) is 2.45. The average Bonchev–Trinajstić information content (AvgIpc) is 2.44. The van der Waals surface area contributed by atoms with E-state index in [0.717, 1.165) is 12.1 Å².